The van der Waals surface area contributed by atoms with Gasteiger partial charge in [0.1, 0.15) is 0 Å². The maximum atomic E-state index is 12.2. The molecule has 2 rings (SSSR count). The fraction of sp³-hybridized carbons (Fsp3) is 0.353. The van der Waals surface area contributed by atoms with Gasteiger partial charge in [-0.3, -0.25) is 9.69 Å². The molecule has 2 aromatic rings. The van der Waals surface area contributed by atoms with Crippen molar-refractivity contribution in [1.82, 2.24) is 10.2 Å². The zero-order valence-electron chi connectivity index (χ0n) is 12.6. The van der Waals surface area contributed by atoms with Gasteiger partial charge in [0.15, 0.2) is 0 Å². The van der Waals surface area contributed by atoms with Crippen molar-refractivity contribution in [3.8, 4) is 0 Å². The quantitative estimate of drug-likeness (QED) is 0.848. The van der Waals surface area contributed by atoms with E-state index in [0.29, 0.717) is 12.1 Å². The Balaban J connectivity index is 2.04. The third kappa shape index (κ3) is 4.16. The van der Waals surface area contributed by atoms with Gasteiger partial charge in [0.05, 0.1) is 6.04 Å². The number of carbonyl (C=O) groups excluding carboxylic acids is 1. The van der Waals surface area contributed by atoms with Crippen molar-refractivity contribution in [2.75, 3.05) is 19.6 Å². The zero-order chi connectivity index (χ0) is 15.1. The highest BCUT2D eigenvalue weighted by Crippen LogP contribution is 2.24. The monoisotopic (exact) mass is 302 g/mol. The average molecular weight is 302 g/mol. The van der Waals surface area contributed by atoms with Crippen LogP contribution in [0.15, 0.2) is 47.8 Å². The number of hydrogen-bond donors (Lipinski definition) is 1. The number of benzene rings is 1. The van der Waals surface area contributed by atoms with Crippen molar-refractivity contribution < 1.29 is 4.79 Å². The molecule has 1 atom stereocenters. The van der Waals surface area contributed by atoms with E-state index in [4.69, 9.17) is 0 Å². The van der Waals surface area contributed by atoms with Crippen molar-refractivity contribution in [3.63, 3.8) is 0 Å². The largest absolute Gasteiger partial charge is 0.350 e. The minimum atomic E-state index is -0.00990. The third-order valence-corrected chi connectivity index (χ3v) is 4.59. The van der Waals surface area contributed by atoms with Crippen LogP contribution in [0.4, 0.5) is 0 Å². The SMILES string of the molecule is CCN(CC)C(CNC(=O)c1ccccc1)c1cccs1. The minimum absolute atomic E-state index is 0.00990. The first-order chi connectivity index (χ1) is 10.3. The number of amides is 1. The lowest BCUT2D eigenvalue weighted by Gasteiger charge is -2.29. The van der Waals surface area contributed by atoms with Gasteiger partial charge < -0.3 is 5.32 Å². The van der Waals surface area contributed by atoms with Crippen molar-refractivity contribution in [2.45, 2.75) is 19.9 Å². The summed E-state index contributed by atoms with van der Waals surface area (Å²) in [6.45, 7) is 6.89. The summed E-state index contributed by atoms with van der Waals surface area (Å²) in [5.74, 6) is -0.00990. The van der Waals surface area contributed by atoms with Gasteiger partial charge in [-0.15, -0.1) is 11.3 Å². The predicted molar refractivity (Wildman–Crippen MR) is 88.8 cm³/mol. The fourth-order valence-corrected chi connectivity index (χ4v) is 3.30. The highest BCUT2D eigenvalue weighted by molar-refractivity contribution is 7.10. The molecule has 4 heteroatoms. The van der Waals surface area contributed by atoms with E-state index in [9.17, 15) is 4.79 Å². The van der Waals surface area contributed by atoms with E-state index < -0.39 is 0 Å². The van der Waals surface area contributed by atoms with E-state index in [0.717, 1.165) is 13.1 Å². The summed E-state index contributed by atoms with van der Waals surface area (Å²) < 4.78 is 0. The Morgan fingerprint density at radius 2 is 1.86 bits per heavy atom. The van der Waals surface area contributed by atoms with E-state index in [1.807, 2.05) is 30.3 Å². The molecule has 1 amide bonds. The summed E-state index contributed by atoms with van der Waals surface area (Å²) in [7, 11) is 0. The first kappa shape index (κ1) is 15.7. The first-order valence-electron chi connectivity index (χ1n) is 7.37. The van der Waals surface area contributed by atoms with Crippen LogP contribution in [-0.2, 0) is 0 Å². The number of nitrogens with one attached hydrogen (secondary N) is 1. The molecule has 3 nitrogen and oxygen atoms in total. The summed E-state index contributed by atoms with van der Waals surface area (Å²) in [5, 5.41) is 5.15. The molecule has 0 aliphatic carbocycles. The number of likely N-dealkylation sites (N-methyl/N-ethyl adjacent to an activating group) is 1. The summed E-state index contributed by atoms with van der Waals surface area (Å²) >= 11 is 1.74. The van der Waals surface area contributed by atoms with Crippen LogP contribution in [-0.4, -0.2) is 30.4 Å². The van der Waals surface area contributed by atoms with E-state index in [1.165, 1.54) is 4.88 Å². The van der Waals surface area contributed by atoms with Crippen molar-refractivity contribution in [3.05, 3.63) is 58.3 Å². The number of hydrogen-bond acceptors (Lipinski definition) is 3. The Morgan fingerprint density at radius 1 is 1.14 bits per heavy atom. The number of rotatable bonds is 7. The Kier molecular flexibility index (Phi) is 5.96. The molecule has 1 N–H and O–H groups in total. The second kappa shape index (κ2) is 7.96. The van der Waals surface area contributed by atoms with Crippen LogP contribution in [0.3, 0.4) is 0 Å². The molecule has 0 saturated heterocycles. The van der Waals surface area contributed by atoms with Gasteiger partial charge in [0.25, 0.3) is 5.91 Å². The summed E-state index contributed by atoms with van der Waals surface area (Å²) in [4.78, 5) is 15.9. The summed E-state index contributed by atoms with van der Waals surface area (Å²) in [6.07, 6.45) is 0. The molecular formula is C17H22N2OS. The van der Waals surface area contributed by atoms with Gasteiger partial charge in [0, 0.05) is 17.0 Å². The van der Waals surface area contributed by atoms with E-state index >= 15 is 0 Å². The summed E-state index contributed by atoms with van der Waals surface area (Å²) in [5.41, 5.74) is 0.710. The van der Waals surface area contributed by atoms with E-state index in [2.05, 4.69) is 41.6 Å². The second-order valence-corrected chi connectivity index (χ2v) is 5.81. The molecule has 0 aliphatic rings. The fourth-order valence-electron chi connectivity index (χ4n) is 2.44. The molecule has 0 saturated carbocycles. The van der Waals surface area contributed by atoms with Crippen LogP contribution in [0.5, 0.6) is 0 Å². The van der Waals surface area contributed by atoms with E-state index in [1.54, 1.807) is 11.3 Å². The molecule has 0 radical (unpaired) electrons. The zero-order valence-corrected chi connectivity index (χ0v) is 13.4. The molecule has 1 aromatic heterocycles. The van der Waals surface area contributed by atoms with Crippen LogP contribution >= 0.6 is 11.3 Å². The number of nitrogens with zero attached hydrogens (tertiary/aromatic N) is 1. The second-order valence-electron chi connectivity index (χ2n) is 4.83. The lowest BCUT2D eigenvalue weighted by Crippen LogP contribution is -2.37. The lowest BCUT2D eigenvalue weighted by atomic mass is 10.1. The van der Waals surface area contributed by atoms with Gasteiger partial charge in [-0.05, 0) is 36.7 Å². The molecule has 0 fully saturated rings. The lowest BCUT2D eigenvalue weighted by molar-refractivity contribution is 0.0935. The molecule has 112 valence electrons. The predicted octanol–water partition coefficient (Wildman–Crippen LogP) is 3.56. The van der Waals surface area contributed by atoms with Gasteiger partial charge in [-0.1, -0.05) is 38.1 Å². The standard InChI is InChI=1S/C17H22N2OS/c1-3-19(4-2)15(16-11-8-12-21-16)13-18-17(20)14-9-6-5-7-10-14/h5-12,15H,3-4,13H2,1-2H3,(H,18,20). The van der Waals surface area contributed by atoms with Crippen molar-refractivity contribution >= 4 is 17.2 Å². The Hall–Kier alpha value is -1.65. The minimum Gasteiger partial charge on any atom is -0.350 e. The Bertz CT molecular complexity index is 535. The van der Waals surface area contributed by atoms with Crippen LogP contribution in [0.2, 0.25) is 0 Å². The molecule has 21 heavy (non-hydrogen) atoms. The highest BCUT2D eigenvalue weighted by Gasteiger charge is 2.19. The molecule has 1 heterocycles. The third-order valence-electron chi connectivity index (χ3n) is 3.62. The van der Waals surface area contributed by atoms with Gasteiger partial charge in [-0.25, -0.2) is 0 Å². The maximum Gasteiger partial charge on any atom is 0.251 e. The Labute approximate surface area is 130 Å². The van der Waals surface area contributed by atoms with E-state index in [-0.39, 0.29) is 11.9 Å². The topological polar surface area (TPSA) is 32.3 Å². The van der Waals surface area contributed by atoms with Crippen molar-refractivity contribution in [2.24, 2.45) is 0 Å². The van der Waals surface area contributed by atoms with Crippen molar-refractivity contribution in [1.29, 1.82) is 0 Å². The molecule has 0 bridgehead atoms. The van der Waals surface area contributed by atoms with Gasteiger partial charge in [-0.2, -0.15) is 0 Å². The molecule has 0 aliphatic heterocycles. The maximum absolute atomic E-state index is 12.2. The van der Waals surface area contributed by atoms with Crippen LogP contribution < -0.4 is 5.32 Å². The molecular weight excluding hydrogens is 280 g/mol. The smallest absolute Gasteiger partial charge is 0.251 e. The molecule has 1 unspecified atom stereocenters. The highest BCUT2D eigenvalue weighted by atomic mass is 32.1. The van der Waals surface area contributed by atoms with Crippen LogP contribution in [0, 0.1) is 0 Å². The van der Waals surface area contributed by atoms with Gasteiger partial charge >= 0.3 is 0 Å². The van der Waals surface area contributed by atoms with Gasteiger partial charge in [0.2, 0.25) is 0 Å². The number of carbonyl (C=O) groups is 1. The normalized spacial score (nSPS) is 12.3. The average Bonchev–Trinajstić information content (AvgIpc) is 3.06. The molecule has 0 spiro atoms. The summed E-state index contributed by atoms with van der Waals surface area (Å²) in [6, 6.07) is 13.8. The van der Waals surface area contributed by atoms with Crippen LogP contribution in [0.1, 0.15) is 35.1 Å². The van der Waals surface area contributed by atoms with Crippen LogP contribution in [0.25, 0.3) is 0 Å². The molecule has 1 aromatic carbocycles. The number of thiophene rings is 1. The Morgan fingerprint density at radius 3 is 2.43 bits per heavy atom. The first-order valence-corrected chi connectivity index (χ1v) is 8.24.